The molecule has 0 heterocycles. The van der Waals surface area contributed by atoms with Crippen LogP contribution < -0.4 is 9.47 Å². The van der Waals surface area contributed by atoms with Gasteiger partial charge in [-0.15, -0.1) is 0 Å². The molecule has 2 saturated carbocycles. The molecule has 4 aliphatic carbocycles. The second kappa shape index (κ2) is 18.9. The minimum atomic E-state index is -1.92. The topological polar surface area (TPSA) is 21.7 Å². The van der Waals surface area contributed by atoms with Crippen LogP contribution in [0, 0.1) is 45.4 Å². The van der Waals surface area contributed by atoms with Crippen molar-refractivity contribution < 1.29 is 9.47 Å². The molecule has 7 rings (SSSR count). The van der Waals surface area contributed by atoms with Crippen LogP contribution >= 0.6 is 0 Å². The molecule has 0 aliphatic heterocycles. The number of unbranched alkanes of at least 4 members (excludes halogenated alkanes) is 6. The summed E-state index contributed by atoms with van der Waals surface area (Å²) in [6.45, 7) is 30.9. The van der Waals surface area contributed by atoms with E-state index in [1.165, 1.54) is 133 Å². The summed E-state index contributed by atoms with van der Waals surface area (Å²) in [6, 6.07) is 20.2. The number of benzene rings is 3. The van der Waals surface area contributed by atoms with Crippen LogP contribution in [-0.4, -0.2) is 37.6 Å². The highest BCUT2D eigenvalue weighted by Gasteiger charge is 2.57. The third-order valence-electron chi connectivity index (χ3n) is 15.7. The van der Waals surface area contributed by atoms with Gasteiger partial charge in [0.1, 0.15) is 19.7 Å². The largest absolute Gasteiger partial charge is 0.493 e. The first-order valence-corrected chi connectivity index (χ1v) is 28.0. The first-order chi connectivity index (χ1) is 29.2. The zero-order valence-electron chi connectivity index (χ0n) is 40.7. The molecule has 0 bridgehead atoms. The number of rotatable bonds is 17. The molecule has 4 aliphatic rings. The van der Waals surface area contributed by atoms with Crippen LogP contribution in [0.1, 0.15) is 176 Å². The summed E-state index contributed by atoms with van der Waals surface area (Å²) >= 11 is 0. The molecule has 61 heavy (non-hydrogen) atoms. The summed E-state index contributed by atoms with van der Waals surface area (Å²) in [5.74, 6) is 3.82. The fraction of sp³-hybridized carbons (Fsp3) is 0.614. The minimum Gasteiger partial charge on any atom is -0.493 e. The molecule has 0 radical (unpaired) electrons. The van der Waals surface area contributed by atoms with E-state index in [0.29, 0.717) is 23.3 Å². The summed E-state index contributed by atoms with van der Waals surface area (Å²) in [6.07, 6.45) is 23.6. The van der Waals surface area contributed by atoms with Crippen LogP contribution in [0.4, 0.5) is 0 Å². The minimum absolute atomic E-state index is 0.166. The molecule has 4 unspecified atom stereocenters. The predicted octanol–water partition coefficient (Wildman–Crippen LogP) is 15.8. The number of fused-ring (bicyclic) bond motifs is 4. The summed E-state index contributed by atoms with van der Waals surface area (Å²) in [5.41, 5.74) is 13.9. The first-order valence-electron chi connectivity index (χ1n) is 25.0. The maximum absolute atomic E-state index is 6.62. The molecule has 0 N–H and O–H groups in total. The number of aryl methyl sites for hydroxylation is 4. The van der Waals surface area contributed by atoms with E-state index >= 15 is 0 Å². The van der Waals surface area contributed by atoms with E-state index in [4.69, 9.17) is 9.47 Å². The highest BCUT2D eigenvalue weighted by molar-refractivity contribution is 6.76. The Kier molecular flexibility index (Phi) is 14.3. The maximum atomic E-state index is 6.62. The average Bonchev–Trinajstić information content (AvgIpc) is 3.70. The van der Waals surface area contributed by atoms with Crippen molar-refractivity contribution in [3.05, 3.63) is 111 Å². The molecule has 4 atom stereocenters. The van der Waals surface area contributed by atoms with Gasteiger partial charge in [-0.25, -0.2) is 0 Å². The van der Waals surface area contributed by atoms with E-state index in [9.17, 15) is 0 Å². The van der Waals surface area contributed by atoms with Crippen LogP contribution in [-0.2, 0) is 5.41 Å². The van der Waals surface area contributed by atoms with E-state index < -0.39 is 13.7 Å². The lowest BCUT2D eigenvalue weighted by Crippen LogP contribution is -2.64. The Labute approximate surface area is 374 Å². The standard InChI is InChI=1S/C57H83NO2Si/c1-13-15-17-24-30-59-54-40(4)32-44(33-41(54)5)57(45-34-42(6)55(43(7)35-45)60-31-25-18-16-14-2)51-29-23-22-28-47(51)49-37-50-48(38-52(49)57)39(3)36-53(50)61(11,12)58(56(8,9)10)46-26-20-19-21-27-46/h22-23,28-29,32-35,37-39,46,48,50,53H,13-21,24-27,30-31,36H2,1-12H3. The van der Waals surface area contributed by atoms with Crippen LogP contribution in [0.5, 0.6) is 11.5 Å². The molecule has 3 aromatic rings. The fourth-order valence-electron chi connectivity index (χ4n) is 13.3. The van der Waals surface area contributed by atoms with Crippen molar-refractivity contribution in [2.75, 3.05) is 13.2 Å². The van der Waals surface area contributed by atoms with Gasteiger partial charge in [0.2, 0.25) is 0 Å². The van der Waals surface area contributed by atoms with Gasteiger partial charge in [0.25, 0.3) is 0 Å². The van der Waals surface area contributed by atoms with E-state index in [1.807, 2.05) is 0 Å². The van der Waals surface area contributed by atoms with Gasteiger partial charge >= 0.3 is 0 Å². The van der Waals surface area contributed by atoms with E-state index in [1.54, 1.807) is 0 Å². The van der Waals surface area contributed by atoms with Gasteiger partial charge in [-0.2, -0.15) is 0 Å². The lowest BCUT2D eigenvalue weighted by molar-refractivity contribution is 0.140. The zero-order chi connectivity index (χ0) is 43.7. The number of ether oxygens (including phenoxy) is 2. The third-order valence-corrected chi connectivity index (χ3v) is 20.4. The SMILES string of the molecule is CCCCCCOc1c(C)cc(C2(c3cc(C)c(OCCCCCC)c(C)c3)C3=CC4C(C)CC([Si](C)(C)N(C5CCCCC5)C(C)(C)C)C4C=C3c3ccccc32)cc1C. The van der Waals surface area contributed by atoms with E-state index in [-0.39, 0.29) is 5.54 Å². The Hall–Kier alpha value is -3.08. The summed E-state index contributed by atoms with van der Waals surface area (Å²) < 4.78 is 16.4. The highest BCUT2D eigenvalue weighted by Crippen LogP contribution is 2.64. The fourth-order valence-corrected chi connectivity index (χ4v) is 18.8. The van der Waals surface area contributed by atoms with Gasteiger partial charge in [0, 0.05) is 11.6 Å². The molecule has 0 saturated heterocycles. The average molecular weight is 842 g/mol. The third kappa shape index (κ3) is 8.77. The van der Waals surface area contributed by atoms with Crippen molar-refractivity contribution in [2.45, 2.75) is 195 Å². The van der Waals surface area contributed by atoms with Crippen LogP contribution in [0.3, 0.4) is 0 Å². The highest BCUT2D eigenvalue weighted by atomic mass is 28.3. The molecular formula is C57H83NO2Si. The van der Waals surface area contributed by atoms with Crippen molar-refractivity contribution in [3.8, 4) is 11.5 Å². The molecular weight excluding hydrogens is 759 g/mol. The van der Waals surface area contributed by atoms with Gasteiger partial charge in [0.05, 0.1) is 18.6 Å². The summed E-state index contributed by atoms with van der Waals surface area (Å²) in [5, 5.41) is 0. The Morgan fingerprint density at radius 3 is 1.72 bits per heavy atom. The molecule has 332 valence electrons. The number of nitrogens with zero attached hydrogens (tertiary/aromatic N) is 1. The Balaban J connectivity index is 1.38. The molecule has 0 amide bonds. The molecule has 3 aromatic carbocycles. The van der Waals surface area contributed by atoms with Crippen molar-refractivity contribution in [1.82, 2.24) is 4.57 Å². The van der Waals surface area contributed by atoms with Gasteiger partial charge in [-0.3, -0.25) is 0 Å². The first kappa shape index (κ1) is 45.9. The number of hydrogen-bond acceptors (Lipinski definition) is 3. The van der Waals surface area contributed by atoms with Crippen LogP contribution in [0.25, 0.3) is 5.57 Å². The smallest absolute Gasteiger partial charge is 0.126 e. The normalized spacial score (nSPS) is 22.4. The predicted molar refractivity (Wildman–Crippen MR) is 264 cm³/mol. The zero-order valence-corrected chi connectivity index (χ0v) is 41.7. The molecule has 2 fully saturated rings. The van der Waals surface area contributed by atoms with Crippen LogP contribution in [0.15, 0.2) is 66.3 Å². The summed E-state index contributed by atoms with van der Waals surface area (Å²) in [4.78, 5) is 0. The quantitative estimate of drug-likeness (QED) is 0.0998. The molecule has 4 heteroatoms. The van der Waals surface area contributed by atoms with Crippen LogP contribution in [0.2, 0.25) is 18.6 Å². The van der Waals surface area contributed by atoms with E-state index in [0.717, 1.165) is 43.6 Å². The van der Waals surface area contributed by atoms with Crippen molar-refractivity contribution >= 4 is 13.8 Å². The van der Waals surface area contributed by atoms with Crippen molar-refractivity contribution in [3.63, 3.8) is 0 Å². The van der Waals surface area contributed by atoms with Gasteiger partial charge in [0.15, 0.2) is 0 Å². The second-order valence-corrected chi connectivity index (χ2v) is 26.1. The Bertz CT molecular complexity index is 1940. The molecule has 0 spiro atoms. The van der Waals surface area contributed by atoms with Gasteiger partial charge < -0.3 is 14.0 Å². The van der Waals surface area contributed by atoms with Gasteiger partial charge in [-0.05, 0) is 160 Å². The van der Waals surface area contributed by atoms with Crippen molar-refractivity contribution in [1.29, 1.82) is 0 Å². The summed E-state index contributed by atoms with van der Waals surface area (Å²) in [7, 11) is -1.92. The van der Waals surface area contributed by atoms with E-state index in [2.05, 4.69) is 148 Å². The van der Waals surface area contributed by atoms with Gasteiger partial charge in [-0.1, -0.05) is 152 Å². The monoisotopic (exact) mass is 842 g/mol. The second-order valence-electron chi connectivity index (χ2n) is 21.6. The lowest BCUT2D eigenvalue weighted by Gasteiger charge is -2.55. The maximum Gasteiger partial charge on any atom is 0.126 e. The molecule has 0 aromatic heterocycles. The number of allylic oxidation sites excluding steroid dienone is 4. The van der Waals surface area contributed by atoms with Crippen molar-refractivity contribution in [2.24, 2.45) is 17.8 Å². The lowest BCUT2D eigenvalue weighted by atomic mass is 9.64. The Morgan fingerprint density at radius 1 is 0.689 bits per heavy atom. The Morgan fingerprint density at radius 2 is 1.21 bits per heavy atom. The molecule has 3 nitrogen and oxygen atoms in total. The number of hydrogen-bond donors (Lipinski definition) is 0.